The summed E-state index contributed by atoms with van der Waals surface area (Å²) in [7, 11) is 0. The summed E-state index contributed by atoms with van der Waals surface area (Å²) < 4.78 is 0. The van der Waals surface area contributed by atoms with Crippen LogP contribution < -0.4 is 10.6 Å². The SMILES string of the molecule is CC(C)(C)CCC(=O)N1CCCC(CNC(=O)C2CCCN2)C1. The molecule has 0 aromatic rings. The zero-order valence-electron chi connectivity index (χ0n) is 15.0. The van der Waals surface area contributed by atoms with E-state index in [0.717, 1.165) is 51.7 Å². The molecule has 0 aromatic carbocycles. The van der Waals surface area contributed by atoms with Crippen molar-refractivity contribution >= 4 is 11.8 Å². The van der Waals surface area contributed by atoms with Crippen molar-refractivity contribution in [2.75, 3.05) is 26.2 Å². The third kappa shape index (κ3) is 6.13. The van der Waals surface area contributed by atoms with Crippen molar-refractivity contribution in [3.8, 4) is 0 Å². The predicted octanol–water partition coefficient (Wildman–Crippen LogP) is 1.92. The number of rotatable bonds is 5. The Morgan fingerprint density at radius 3 is 2.65 bits per heavy atom. The lowest BCUT2D eigenvalue weighted by atomic mass is 9.90. The van der Waals surface area contributed by atoms with Crippen molar-refractivity contribution in [2.24, 2.45) is 11.3 Å². The Morgan fingerprint density at radius 1 is 1.22 bits per heavy atom. The number of piperidine rings is 1. The molecule has 5 nitrogen and oxygen atoms in total. The first kappa shape index (κ1) is 18.2. The maximum absolute atomic E-state index is 12.4. The van der Waals surface area contributed by atoms with Crippen LogP contribution in [-0.4, -0.2) is 48.9 Å². The molecule has 2 rings (SSSR count). The number of carbonyl (C=O) groups is 2. The van der Waals surface area contributed by atoms with E-state index in [-0.39, 0.29) is 23.3 Å². The Kier molecular flexibility index (Phi) is 6.45. The first-order valence-electron chi connectivity index (χ1n) is 9.14. The topological polar surface area (TPSA) is 61.4 Å². The molecule has 132 valence electrons. The summed E-state index contributed by atoms with van der Waals surface area (Å²) in [4.78, 5) is 26.4. The summed E-state index contributed by atoms with van der Waals surface area (Å²) >= 11 is 0. The molecule has 0 radical (unpaired) electrons. The number of likely N-dealkylation sites (tertiary alicyclic amines) is 1. The zero-order valence-corrected chi connectivity index (χ0v) is 15.0. The number of hydrogen-bond acceptors (Lipinski definition) is 3. The van der Waals surface area contributed by atoms with E-state index in [1.54, 1.807) is 0 Å². The minimum Gasteiger partial charge on any atom is -0.354 e. The van der Waals surface area contributed by atoms with E-state index in [1.165, 1.54) is 0 Å². The molecule has 2 amide bonds. The van der Waals surface area contributed by atoms with E-state index in [4.69, 9.17) is 0 Å². The van der Waals surface area contributed by atoms with Gasteiger partial charge in [0.2, 0.25) is 11.8 Å². The molecule has 2 saturated heterocycles. The van der Waals surface area contributed by atoms with E-state index >= 15 is 0 Å². The minimum absolute atomic E-state index is 0.0110. The first-order valence-corrected chi connectivity index (χ1v) is 9.14. The van der Waals surface area contributed by atoms with Gasteiger partial charge in [-0.15, -0.1) is 0 Å². The molecule has 2 heterocycles. The van der Waals surface area contributed by atoms with E-state index in [1.807, 2.05) is 4.90 Å². The number of hydrogen-bond donors (Lipinski definition) is 2. The van der Waals surface area contributed by atoms with Gasteiger partial charge in [-0.2, -0.15) is 0 Å². The summed E-state index contributed by atoms with van der Waals surface area (Å²) in [5.74, 6) is 0.791. The largest absolute Gasteiger partial charge is 0.354 e. The van der Waals surface area contributed by atoms with Gasteiger partial charge in [0.05, 0.1) is 6.04 Å². The van der Waals surface area contributed by atoms with E-state index in [2.05, 4.69) is 31.4 Å². The molecule has 2 aliphatic rings. The lowest BCUT2D eigenvalue weighted by Crippen LogP contribution is -2.46. The van der Waals surface area contributed by atoms with Crippen LogP contribution in [-0.2, 0) is 9.59 Å². The van der Waals surface area contributed by atoms with Crippen LogP contribution >= 0.6 is 0 Å². The van der Waals surface area contributed by atoms with Crippen LogP contribution in [0.5, 0.6) is 0 Å². The molecule has 2 N–H and O–H groups in total. The van der Waals surface area contributed by atoms with E-state index in [0.29, 0.717) is 18.9 Å². The van der Waals surface area contributed by atoms with Gasteiger partial charge in [0.15, 0.2) is 0 Å². The fourth-order valence-corrected chi connectivity index (χ4v) is 3.37. The maximum Gasteiger partial charge on any atom is 0.237 e. The van der Waals surface area contributed by atoms with Crippen molar-refractivity contribution < 1.29 is 9.59 Å². The van der Waals surface area contributed by atoms with Crippen molar-refractivity contribution in [2.45, 2.75) is 65.3 Å². The average Bonchev–Trinajstić information content (AvgIpc) is 3.04. The fourth-order valence-electron chi connectivity index (χ4n) is 3.37. The van der Waals surface area contributed by atoms with Crippen molar-refractivity contribution in [3.63, 3.8) is 0 Å². The van der Waals surface area contributed by atoms with Gasteiger partial charge in [-0.05, 0) is 50.0 Å². The van der Waals surface area contributed by atoms with Crippen molar-refractivity contribution in [3.05, 3.63) is 0 Å². The molecule has 2 aliphatic heterocycles. The Hall–Kier alpha value is -1.10. The van der Waals surface area contributed by atoms with Crippen molar-refractivity contribution in [1.82, 2.24) is 15.5 Å². The molecule has 2 unspecified atom stereocenters. The quantitative estimate of drug-likeness (QED) is 0.812. The normalized spacial score (nSPS) is 25.4. The van der Waals surface area contributed by atoms with Gasteiger partial charge in [0.1, 0.15) is 0 Å². The third-order valence-electron chi connectivity index (χ3n) is 4.90. The number of carbonyl (C=O) groups excluding carboxylic acids is 2. The minimum atomic E-state index is -0.0110. The van der Waals surface area contributed by atoms with Crippen LogP contribution in [0.2, 0.25) is 0 Å². The summed E-state index contributed by atoms with van der Waals surface area (Å²) in [6.45, 7) is 9.82. The molecule has 0 saturated carbocycles. The van der Waals surface area contributed by atoms with Gasteiger partial charge < -0.3 is 15.5 Å². The molecular formula is C18H33N3O2. The van der Waals surface area contributed by atoms with Gasteiger partial charge in [0.25, 0.3) is 0 Å². The Balaban J connectivity index is 1.72. The Morgan fingerprint density at radius 2 is 2.00 bits per heavy atom. The van der Waals surface area contributed by atoms with Crippen LogP contribution in [0.4, 0.5) is 0 Å². The second-order valence-corrected chi connectivity index (χ2v) is 8.30. The first-order chi connectivity index (χ1) is 10.8. The molecule has 2 atom stereocenters. The van der Waals surface area contributed by atoms with Crippen LogP contribution in [0, 0.1) is 11.3 Å². The highest BCUT2D eigenvalue weighted by atomic mass is 16.2. The monoisotopic (exact) mass is 323 g/mol. The molecular weight excluding hydrogens is 290 g/mol. The van der Waals surface area contributed by atoms with Crippen LogP contribution in [0.1, 0.15) is 59.3 Å². The lowest BCUT2D eigenvalue weighted by Gasteiger charge is -2.33. The van der Waals surface area contributed by atoms with Gasteiger partial charge >= 0.3 is 0 Å². The van der Waals surface area contributed by atoms with Crippen LogP contribution in [0.25, 0.3) is 0 Å². The molecule has 0 bridgehead atoms. The van der Waals surface area contributed by atoms with E-state index in [9.17, 15) is 9.59 Å². The Bertz CT molecular complexity index is 411. The van der Waals surface area contributed by atoms with Gasteiger partial charge in [-0.25, -0.2) is 0 Å². The number of amides is 2. The molecule has 0 aromatic heterocycles. The van der Waals surface area contributed by atoms with Gasteiger partial charge in [-0.1, -0.05) is 20.8 Å². The zero-order chi connectivity index (χ0) is 16.9. The highest BCUT2D eigenvalue weighted by Gasteiger charge is 2.26. The summed E-state index contributed by atoms with van der Waals surface area (Å²) in [5.41, 5.74) is 0.201. The highest BCUT2D eigenvalue weighted by Crippen LogP contribution is 2.23. The average molecular weight is 323 g/mol. The van der Waals surface area contributed by atoms with Crippen LogP contribution in [0.15, 0.2) is 0 Å². The standard InChI is InChI=1S/C18H33N3O2/c1-18(2,3)9-8-16(22)21-11-5-6-14(13-21)12-20-17(23)15-7-4-10-19-15/h14-15,19H,4-13H2,1-3H3,(H,20,23). The number of nitrogens with one attached hydrogen (secondary N) is 2. The molecule has 5 heteroatoms. The van der Waals surface area contributed by atoms with Crippen LogP contribution in [0.3, 0.4) is 0 Å². The summed E-state index contributed by atoms with van der Waals surface area (Å²) in [6.07, 6.45) is 5.72. The van der Waals surface area contributed by atoms with E-state index < -0.39 is 0 Å². The molecule has 23 heavy (non-hydrogen) atoms. The number of nitrogens with zero attached hydrogens (tertiary/aromatic N) is 1. The maximum atomic E-state index is 12.4. The third-order valence-corrected chi connectivity index (χ3v) is 4.90. The second-order valence-electron chi connectivity index (χ2n) is 8.30. The second kappa shape index (κ2) is 8.13. The smallest absolute Gasteiger partial charge is 0.237 e. The summed E-state index contributed by atoms with van der Waals surface area (Å²) in [6, 6.07) is -0.0110. The summed E-state index contributed by atoms with van der Waals surface area (Å²) in [5, 5.41) is 6.30. The fraction of sp³-hybridized carbons (Fsp3) is 0.889. The predicted molar refractivity (Wildman–Crippen MR) is 92.0 cm³/mol. The highest BCUT2D eigenvalue weighted by molar-refractivity contribution is 5.82. The lowest BCUT2D eigenvalue weighted by molar-refractivity contribution is -0.133. The Labute approximate surface area is 140 Å². The van der Waals surface area contributed by atoms with Gasteiger partial charge in [0, 0.05) is 26.1 Å². The van der Waals surface area contributed by atoms with Gasteiger partial charge in [-0.3, -0.25) is 9.59 Å². The molecule has 2 fully saturated rings. The molecule has 0 aliphatic carbocycles. The molecule has 0 spiro atoms. The van der Waals surface area contributed by atoms with Crippen molar-refractivity contribution in [1.29, 1.82) is 0 Å².